The van der Waals surface area contributed by atoms with Crippen molar-refractivity contribution in [1.82, 2.24) is 0 Å². The highest BCUT2D eigenvalue weighted by Crippen LogP contribution is 2.31. The van der Waals surface area contributed by atoms with Crippen LogP contribution in [-0.2, 0) is 4.79 Å². The summed E-state index contributed by atoms with van der Waals surface area (Å²) in [5.41, 5.74) is 6.41. The number of rotatable bonds is 3. The van der Waals surface area contributed by atoms with E-state index in [9.17, 15) is 9.59 Å². The number of nitrogens with zero attached hydrogens (tertiary/aromatic N) is 1. The normalized spacial score (nSPS) is 18.9. The summed E-state index contributed by atoms with van der Waals surface area (Å²) in [5.74, 6) is -1.37. The number of benzene rings is 1. The van der Waals surface area contributed by atoms with Gasteiger partial charge in [-0.15, -0.1) is 0 Å². The fourth-order valence-corrected chi connectivity index (χ4v) is 2.74. The maximum atomic E-state index is 11.1. The molecule has 0 saturated carbocycles. The molecule has 0 radical (unpaired) electrons. The van der Waals surface area contributed by atoms with Crippen LogP contribution in [0.15, 0.2) is 22.7 Å². The Morgan fingerprint density at radius 3 is 2.67 bits per heavy atom. The van der Waals surface area contributed by atoms with Crippen molar-refractivity contribution >= 4 is 33.5 Å². The van der Waals surface area contributed by atoms with Crippen molar-refractivity contribution in [3.05, 3.63) is 28.2 Å². The maximum Gasteiger partial charge on any atom is 0.335 e. The fourth-order valence-electron chi connectivity index (χ4n) is 2.11. The van der Waals surface area contributed by atoms with Crippen molar-refractivity contribution < 1.29 is 14.7 Å². The van der Waals surface area contributed by atoms with Crippen LogP contribution < -0.4 is 10.6 Å². The lowest BCUT2D eigenvalue weighted by atomic mass is 10.1. The van der Waals surface area contributed by atoms with Gasteiger partial charge in [0.15, 0.2) is 0 Å². The molecule has 96 valence electrons. The molecule has 18 heavy (non-hydrogen) atoms. The van der Waals surface area contributed by atoms with Crippen LogP contribution in [0, 0.1) is 5.92 Å². The average molecular weight is 313 g/mol. The van der Waals surface area contributed by atoms with Crippen molar-refractivity contribution in [3.8, 4) is 0 Å². The Morgan fingerprint density at radius 1 is 1.44 bits per heavy atom. The second-order valence-electron chi connectivity index (χ2n) is 4.31. The molecule has 1 saturated heterocycles. The second-order valence-corrected chi connectivity index (χ2v) is 5.16. The van der Waals surface area contributed by atoms with Crippen molar-refractivity contribution in [2.75, 3.05) is 18.0 Å². The van der Waals surface area contributed by atoms with Gasteiger partial charge in [-0.2, -0.15) is 0 Å². The molecule has 1 aromatic carbocycles. The molecule has 5 nitrogen and oxygen atoms in total. The van der Waals surface area contributed by atoms with Gasteiger partial charge in [-0.25, -0.2) is 4.79 Å². The highest BCUT2D eigenvalue weighted by Gasteiger charge is 2.27. The molecule has 1 aliphatic rings. The third-order valence-electron chi connectivity index (χ3n) is 3.13. The first-order valence-electron chi connectivity index (χ1n) is 5.56. The highest BCUT2D eigenvalue weighted by atomic mass is 79.9. The quantitative estimate of drug-likeness (QED) is 0.885. The molecule has 0 aromatic heterocycles. The molecule has 2 rings (SSSR count). The van der Waals surface area contributed by atoms with E-state index < -0.39 is 5.97 Å². The van der Waals surface area contributed by atoms with Crippen LogP contribution in [0.1, 0.15) is 16.8 Å². The third kappa shape index (κ3) is 2.48. The molecule has 0 aliphatic carbocycles. The molecular formula is C12H13BrN2O3. The van der Waals surface area contributed by atoms with Gasteiger partial charge in [0.25, 0.3) is 0 Å². The van der Waals surface area contributed by atoms with E-state index in [2.05, 4.69) is 15.9 Å². The Balaban J connectivity index is 2.20. The number of hydrogen-bond acceptors (Lipinski definition) is 3. The van der Waals surface area contributed by atoms with E-state index in [1.54, 1.807) is 18.2 Å². The summed E-state index contributed by atoms with van der Waals surface area (Å²) in [6, 6.07) is 4.87. The molecule has 0 spiro atoms. The van der Waals surface area contributed by atoms with Crippen molar-refractivity contribution in [2.24, 2.45) is 11.7 Å². The summed E-state index contributed by atoms with van der Waals surface area (Å²) >= 11 is 3.36. The summed E-state index contributed by atoms with van der Waals surface area (Å²) in [6.07, 6.45) is 0.739. The Kier molecular flexibility index (Phi) is 3.56. The van der Waals surface area contributed by atoms with Crippen molar-refractivity contribution in [1.29, 1.82) is 0 Å². The van der Waals surface area contributed by atoms with Crippen LogP contribution in [0.3, 0.4) is 0 Å². The van der Waals surface area contributed by atoms with Gasteiger partial charge in [-0.1, -0.05) is 0 Å². The third-order valence-corrected chi connectivity index (χ3v) is 3.76. The standard InChI is InChI=1S/C12H13BrN2O3/c13-9-5-7(12(17)18)1-2-10(9)15-4-3-8(6-15)11(14)16/h1-2,5,8H,3-4,6H2,(H2,14,16)(H,17,18). The predicted octanol–water partition coefficient (Wildman–Crippen LogP) is 1.46. The van der Waals surface area contributed by atoms with Crippen LogP contribution in [0.2, 0.25) is 0 Å². The summed E-state index contributed by atoms with van der Waals surface area (Å²) in [4.78, 5) is 24.0. The molecule has 0 bridgehead atoms. The van der Waals surface area contributed by atoms with E-state index in [1.807, 2.05) is 4.90 Å². The average Bonchev–Trinajstić information content (AvgIpc) is 2.78. The smallest absolute Gasteiger partial charge is 0.335 e. The van der Waals surface area contributed by atoms with Crippen molar-refractivity contribution in [3.63, 3.8) is 0 Å². The second kappa shape index (κ2) is 4.97. The first kappa shape index (κ1) is 12.9. The Bertz CT molecular complexity index is 504. The van der Waals surface area contributed by atoms with Crippen LogP contribution in [0.5, 0.6) is 0 Å². The zero-order chi connectivity index (χ0) is 13.3. The summed E-state index contributed by atoms with van der Waals surface area (Å²) in [6.45, 7) is 1.33. The van der Waals surface area contributed by atoms with Crippen LogP contribution in [0.25, 0.3) is 0 Å². The van der Waals surface area contributed by atoms with Gasteiger partial charge in [-0.3, -0.25) is 4.79 Å². The zero-order valence-corrected chi connectivity index (χ0v) is 11.2. The van der Waals surface area contributed by atoms with Gasteiger partial charge >= 0.3 is 5.97 Å². The van der Waals surface area contributed by atoms with E-state index in [1.165, 1.54) is 0 Å². The summed E-state index contributed by atoms with van der Waals surface area (Å²) < 4.78 is 0.715. The number of primary amides is 1. The maximum absolute atomic E-state index is 11.1. The lowest BCUT2D eigenvalue weighted by Crippen LogP contribution is -2.27. The van der Waals surface area contributed by atoms with Gasteiger partial charge in [0, 0.05) is 17.6 Å². The number of carbonyl (C=O) groups is 2. The molecule has 1 fully saturated rings. The number of nitrogens with two attached hydrogens (primary N) is 1. The number of amides is 1. The SMILES string of the molecule is NC(=O)C1CCN(c2ccc(C(=O)O)cc2Br)C1. The number of carbonyl (C=O) groups excluding carboxylic acids is 1. The number of aromatic carboxylic acids is 1. The summed E-state index contributed by atoms with van der Waals surface area (Å²) in [5, 5.41) is 8.88. The van der Waals surface area contributed by atoms with Gasteiger partial charge in [-0.05, 0) is 40.5 Å². The number of anilines is 1. The molecule has 6 heteroatoms. The molecule has 1 atom stereocenters. The number of hydrogen-bond donors (Lipinski definition) is 2. The van der Waals surface area contributed by atoms with Crippen molar-refractivity contribution in [2.45, 2.75) is 6.42 Å². The van der Waals surface area contributed by atoms with Gasteiger partial charge in [0.2, 0.25) is 5.91 Å². The zero-order valence-electron chi connectivity index (χ0n) is 9.60. The fraction of sp³-hybridized carbons (Fsp3) is 0.333. The number of carboxylic acid groups (broad SMARTS) is 1. The topological polar surface area (TPSA) is 83.6 Å². The number of carboxylic acids is 1. The molecular weight excluding hydrogens is 300 g/mol. The monoisotopic (exact) mass is 312 g/mol. The molecule has 1 amide bonds. The molecule has 1 aromatic rings. The molecule has 1 aliphatic heterocycles. The first-order valence-corrected chi connectivity index (χ1v) is 6.35. The Morgan fingerprint density at radius 2 is 2.17 bits per heavy atom. The minimum atomic E-state index is -0.960. The highest BCUT2D eigenvalue weighted by molar-refractivity contribution is 9.10. The van der Waals surface area contributed by atoms with Crippen LogP contribution >= 0.6 is 15.9 Å². The molecule has 3 N–H and O–H groups in total. The lowest BCUT2D eigenvalue weighted by molar-refractivity contribution is -0.121. The van der Waals surface area contributed by atoms with Gasteiger partial charge in [0.1, 0.15) is 0 Å². The largest absolute Gasteiger partial charge is 0.478 e. The predicted molar refractivity (Wildman–Crippen MR) is 70.6 cm³/mol. The van der Waals surface area contributed by atoms with Crippen LogP contribution in [-0.4, -0.2) is 30.1 Å². The molecule has 1 unspecified atom stereocenters. The Labute approximate surface area is 113 Å². The minimum Gasteiger partial charge on any atom is -0.478 e. The summed E-state index contributed by atoms with van der Waals surface area (Å²) in [7, 11) is 0. The number of halogens is 1. The van der Waals surface area contributed by atoms with Crippen LogP contribution in [0.4, 0.5) is 5.69 Å². The minimum absolute atomic E-state index is 0.129. The first-order chi connectivity index (χ1) is 8.49. The molecule has 1 heterocycles. The van der Waals surface area contributed by atoms with Gasteiger partial charge in [0.05, 0.1) is 17.2 Å². The van der Waals surface area contributed by atoms with E-state index in [4.69, 9.17) is 10.8 Å². The van der Waals surface area contributed by atoms with E-state index >= 15 is 0 Å². The van der Waals surface area contributed by atoms with E-state index in [0.717, 1.165) is 18.7 Å². The lowest BCUT2D eigenvalue weighted by Gasteiger charge is -2.20. The van der Waals surface area contributed by atoms with Gasteiger partial charge < -0.3 is 15.7 Å². The van der Waals surface area contributed by atoms with E-state index in [0.29, 0.717) is 11.0 Å². The Hall–Kier alpha value is -1.56. The van der Waals surface area contributed by atoms with E-state index in [-0.39, 0.29) is 17.4 Å².